The molecule has 0 spiro atoms. The van der Waals surface area contributed by atoms with Crippen LogP contribution in [0.25, 0.3) is 0 Å². The molecule has 0 unspecified atom stereocenters. The van der Waals surface area contributed by atoms with Gasteiger partial charge in [-0.1, -0.05) is 0 Å². The first kappa shape index (κ1) is 19.2. The molecule has 0 amide bonds. The molecule has 0 aromatic rings. The van der Waals surface area contributed by atoms with E-state index >= 15 is 0 Å². The van der Waals surface area contributed by atoms with Gasteiger partial charge < -0.3 is 11.0 Å². The molecule has 0 aliphatic carbocycles. The van der Waals surface area contributed by atoms with Crippen LogP contribution < -0.4 is 0 Å². The van der Waals surface area contributed by atoms with Crippen molar-refractivity contribution in [3.8, 4) is 0 Å². The standard InChI is InChI=1S/2H2O.2O.Os/h2*1H2;;;. The summed E-state index contributed by atoms with van der Waals surface area (Å²) in [4.78, 5) is 0. The predicted octanol–water partition coefficient (Wildman–Crippen LogP) is -1.89. The van der Waals surface area contributed by atoms with Crippen molar-refractivity contribution in [2.75, 3.05) is 0 Å². The molecule has 0 saturated carbocycles. The van der Waals surface area contributed by atoms with Crippen LogP contribution in [0.5, 0.6) is 0 Å². The molecule has 36 valence electrons. The van der Waals surface area contributed by atoms with Crippen molar-refractivity contribution in [2.24, 2.45) is 0 Å². The summed E-state index contributed by atoms with van der Waals surface area (Å²) in [6.45, 7) is 0. The van der Waals surface area contributed by atoms with Gasteiger partial charge in [-0.05, 0) is 0 Å². The molecule has 0 saturated heterocycles. The molecule has 0 atom stereocenters. The molecule has 0 aliphatic heterocycles. The van der Waals surface area contributed by atoms with E-state index < -0.39 is 17.3 Å². The molecular formula is H4O4Os. The molecule has 0 heterocycles. The first-order valence-corrected chi connectivity index (χ1v) is 2.36. The Hall–Kier alpha value is 0.156. The summed E-state index contributed by atoms with van der Waals surface area (Å²) < 4.78 is 17.0. The number of rotatable bonds is 0. The van der Waals surface area contributed by atoms with Gasteiger partial charge in [0.25, 0.3) is 0 Å². The third kappa shape index (κ3) is 790. The van der Waals surface area contributed by atoms with Gasteiger partial charge in [0.15, 0.2) is 0 Å². The fourth-order valence-electron chi connectivity index (χ4n) is 0. The number of hydrogen-bond acceptors (Lipinski definition) is 2. The molecular weight excluding hydrogens is 254 g/mol. The van der Waals surface area contributed by atoms with Crippen LogP contribution in [0.3, 0.4) is 0 Å². The van der Waals surface area contributed by atoms with Crippen LogP contribution in [0.1, 0.15) is 0 Å². The van der Waals surface area contributed by atoms with Gasteiger partial charge >= 0.3 is 24.4 Å². The summed E-state index contributed by atoms with van der Waals surface area (Å²) in [6, 6.07) is 0. The Morgan fingerprint density at radius 3 is 1.00 bits per heavy atom. The van der Waals surface area contributed by atoms with Crippen LogP contribution in [0.2, 0.25) is 0 Å². The Morgan fingerprint density at radius 2 is 1.00 bits per heavy atom. The maximum absolute atomic E-state index is 8.51. The van der Waals surface area contributed by atoms with Crippen molar-refractivity contribution in [3.05, 3.63) is 0 Å². The van der Waals surface area contributed by atoms with Crippen molar-refractivity contribution in [3.63, 3.8) is 0 Å². The molecule has 5 heteroatoms. The Morgan fingerprint density at radius 1 is 1.00 bits per heavy atom. The van der Waals surface area contributed by atoms with Crippen molar-refractivity contribution < 1.29 is 35.3 Å². The summed E-state index contributed by atoms with van der Waals surface area (Å²) in [6.07, 6.45) is 0. The molecule has 0 radical (unpaired) electrons. The van der Waals surface area contributed by atoms with Gasteiger partial charge in [-0.3, -0.25) is 0 Å². The second kappa shape index (κ2) is 31.0. The minimum absolute atomic E-state index is 0. The van der Waals surface area contributed by atoms with E-state index in [0.717, 1.165) is 0 Å². The van der Waals surface area contributed by atoms with E-state index in [9.17, 15) is 0 Å². The summed E-state index contributed by atoms with van der Waals surface area (Å²) in [5.41, 5.74) is 0. The van der Waals surface area contributed by atoms with E-state index in [2.05, 4.69) is 0 Å². The van der Waals surface area contributed by atoms with Crippen molar-refractivity contribution in [1.29, 1.82) is 0 Å². The molecule has 0 fully saturated rings. The van der Waals surface area contributed by atoms with E-state index in [-0.39, 0.29) is 11.0 Å². The third-order valence-electron chi connectivity index (χ3n) is 0. The van der Waals surface area contributed by atoms with Crippen LogP contribution >= 0.6 is 0 Å². The monoisotopic (exact) mass is 260 g/mol. The number of hydrogen-bond donors (Lipinski definition) is 0. The average molecular weight is 258 g/mol. The molecule has 0 rings (SSSR count). The van der Waals surface area contributed by atoms with Gasteiger partial charge in [0.1, 0.15) is 0 Å². The minimum atomic E-state index is -2.08. The summed E-state index contributed by atoms with van der Waals surface area (Å²) in [5.74, 6) is 0. The fourth-order valence-corrected chi connectivity index (χ4v) is 0. The van der Waals surface area contributed by atoms with Gasteiger partial charge in [-0.2, -0.15) is 0 Å². The van der Waals surface area contributed by atoms with Crippen molar-refractivity contribution >= 4 is 0 Å². The van der Waals surface area contributed by atoms with Crippen LogP contribution in [-0.2, 0) is 24.4 Å². The zero-order chi connectivity index (χ0) is 2.71. The molecule has 0 aromatic heterocycles. The van der Waals surface area contributed by atoms with Crippen LogP contribution in [0.15, 0.2) is 0 Å². The quantitative estimate of drug-likeness (QED) is 0.507. The first-order valence-electron chi connectivity index (χ1n) is 0.289. The van der Waals surface area contributed by atoms with E-state index in [1.165, 1.54) is 0 Å². The van der Waals surface area contributed by atoms with Crippen LogP contribution in [-0.4, -0.2) is 11.0 Å². The Kier molecular flexibility index (Phi) is 119. The summed E-state index contributed by atoms with van der Waals surface area (Å²) in [7, 11) is 0. The normalized spacial score (nSPS) is 3.20. The molecule has 4 nitrogen and oxygen atoms in total. The zero-order valence-corrected chi connectivity index (χ0v) is 4.71. The summed E-state index contributed by atoms with van der Waals surface area (Å²) in [5, 5.41) is 0. The van der Waals surface area contributed by atoms with Crippen molar-refractivity contribution in [1.82, 2.24) is 0 Å². The molecule has 0 aliphatic rings. The topological polar surface area (TPSA) is 97.1 Å². The van der Waals surface area contributed by atoms with E-state index in [4.69, 9.17) is 7.08 Å². The Bertz CT molecular complexity index is 24.6. The van der Waals surface area contributed by atoms with Gasteiger partial charge in [0, 0.05) is 0 Å². The third-order valence-corrected chi connectivity index (χ3v) is 0. The van der Waals surface area contributed by atoms with E-state index in [0.29, 0.717) is 0 Å². The van der Waals surface area contributed by atoms with Gasteiger partial charge in [-0.25, -0.2) is 0 Å². The van der Waals surface area contributed by atoms with Gasteiger partial charge in [0.2, 0.25) is 0 Å². The first-order chi connectivity index (χ1) is 1.41. The second-order valence-corrected chi connectivity index (χ2v) is 0.482. The van der Waals surface area contributed by atoms with Crippen LogP contribution in [0.4, 0.5) is 0 Å². The molecule has 5 heavy (non-hydrogen) atoms. The molecule has 0 bridgehead atoms. The van der Waals surface area contributed by atoms with E-state index in [1.54, 1.807) is 0 Å². The zero-order valence-electron chi connectivity index (χ0n) is 2.17. The van der Waals surface area contributed by atoms with Crippen LogP contribution in [0, 0.1) is 0 Å². The van der Waals surface area contributed by atoms with Gasteiger partial charge in [-0.15, -0.1) is 0 Å². The molecule has 4 N–H and O–H groups in total. The molecule has 0 aromatic carbocycles. The Labute approximate surface area is 36.1 Å². The van der Waals surface area contributed by atoms with Crippen molar-refractivity contribution in [2.45, 2.75) is 0 Å². The SMILES string of the molecule is O.O.[O]=[Os]=[O]. The van der Waals surface area contributed by atoms with Gasteiger partial charge in [0.05, 0.1) is 0 Å². The fraction of sp³-hybridized carbons (Fsp3) is 0. The second-order valence-electron chi connectivity index (χ2n) is 0.0589. The Balaban J connectivity index is -0.0000000200. The maximum atomic E-state index is 8.51. The summed E-state index contributed by atoms with van der Waals surface area (Å²) >= 11 is -2.08. The predicted molar refractivity (Wildman–Crippen MR) is 8.60 cm³/mol. The van der Waals surface area contributed by atoms with E-state index in [1.807, 2.05) is 0 Å². The average Bonchev–Trinajstić information content (AvgIpc) is 0.918.